The Labute approximate surface area is 120 Å². The van der Waals surface area contributed by atoms with Crippen molar-refractivity contribution in [3.8, 4) is 0 Å². The van der Waals surface area contributed by atoms with E-state index >= 15 is 0 Å². The quantitative estimate of drug-likeness (QED) is 0.940. The van der Waals surface area contributed by atoms with Crippen LogP contribution in [0.25, 0.3) is 0 Å². The summed E-state index contributed by atoms with van der Waals surface area (Å²) in [5.41, 5.74) is 1.66. The van der Waals surface area contributed by atoms with Gasteiger partial charge in [-0.1, -0.05) is 15.9 Å². The molecule has 19 heavy (non-hydrogen) atoms. The summed E-state index contributed by atoms with van der Waals surface area (Å²) in [6.45, 7) is 4.78. The molecule has 0 spiro atoms. The minimum Gasteiger partial charge on any atom is -0.344 e. The number of rotatable bonds is 4. The van der Waals surface area contributed by atoms with Gasteiger partial charge in [-0.3, -0.25) is 9.48 Å². The molecule has 0 saturated heterocycles. The number of halogens is 1. The molecule has 0 saturated carbocycles. The highest BCUT2D eigenvalue weighted by Gasteiger charge is 2.14. The van der Waals surface area contributed by atoms with Crippen LogP contribution in [-0.4, -0.2) is 15.7 Å². The molecule has 1 amide bonds. The maximum Gasteiger partial charge on any atom is 0.251 e. The van der Waals surface area contributed by atoms with Crippen molar-refractivity contribution < 1.29 is 4.79 Å². The molecule has 0 fully saturated rings. The Hall–Kier alpha value is -1.62. The molecule has 1 aromatic carbocycles. The standard InChI is InChI=1S/C14H16BrN3O/c1-3-18-13(8-9-16-18)10(2)17-14(19)11-4-6-12(15)7-5-11/h4-10H,3H2,1-2H3,(H,17,19). The number of benzene rings is 1. The molecule has 4 nitrogen and oxygen atoms in total. The van der Waals surface area contributed by atoms with E-state index in [4.69, 9.17) is 0 Å². The predicted molar refractivity (Wildman–Crippen MR) is 77.9 cm³/mol. The molecule has 1 heterocycles. The van der Waals surface area contributed by atoms with E-state index in [1.165, 1.54) is 0 Å². The second kappa shape index (κ2) is 6.02. The highest BCUT2D eigenvalue weighted by Crippen LogP contribution is 2.14. The van der Waals surface area contributed by atoms with E-state index in [1.54, 1.807) is 18.3 Å². The van der Waals surface area contributed by atoms with Crippen LogP contribution < -0.4 is 5.32 Å². The topological polar surface area (TPSA) is 46.9 Å². The van der Waals surface area contributed by atoms with Gasteiger partial charge >= 0.3 is 0 Å². The Morgan fingerprint density at radius 1 is 1.37 bits per heavy atom. The Balaban J connectivity index is 2.08. The number of carbonyl (C=O) groups excluding carboxylic acids is 1. The number of aryl methyl sites for hydroxylation is 1. The lowest BCUT2D eigenvalue weighted by atomic mass is 10.2. The number of amides is 1. The van der Waals surface area contributed by atoms with E-state index in [1.807, 2.05) is 36.7 Å². The summed E-state index contributed by atoms with van der Waals surface area (Å²) >= 11 is 3.35. The van der Waals surface area contributed by atoms with Crippen LogP contribution >= 0.6 is 15.9 Å². The SMILES string of the molecule is CCn1nccc1C(C)NC(=O)c1ccc(Br)cc1. The summed E-state index contributed by atoms with van der Waals surface area (Å²) in [7, 11) is 0. The summed E-state index contributed by atoms with van der Waals surface area (Å²) in [6, 6.07) is 9.16. The van der Waals surface area contributed by atoms with E-state index in [9.17, 15) is 4.79 Å². The molecular weight excluding hydrogens is 306 g/mol. The molecular formula is C14H16BrN3O. The molecule has 0 aliphatic heterocycles. The van der Waals surface area contributed by atoms with Crippen LogP contribution in [-0.2, 0) is 6.54 Å². The first kappa shape index (κ1) is 13.8. The van der Waals surface area contributed by atoms with Gasteiger partial charge in [0.2, 0.25) is 0 Å². The fourth-order valence-corrected chi connectivity index (χ4v) is 2.19. The molecule has 0 aliphatic rings. The zero-order chi connectivity index (χ0) is 13.8. The van der Waals surface area contributed by atoms with E-state index in [0.29, 0.717) is 5.56 Å². The number of hydrogen-bond acceptors (Lipinski definition) is 2. The monoisotopic (exact) mass is 321 g/mol. The number of aromatic nitrogens is 2. The van der Waals surface area contributed by atoms with E-state index < -0.39 is 0 Å². The van der Waals surface area contributed by atoms with Gasteiger partial charge in [0.1, 0.15) is 0 Å². The second-order valence-electron chi connectivity index (χ2n) is 4.27. The first-order valence-corrected chi connectivity index (χ1v) is 6.99. The number of nitrogens with zero attached hydrogens (tertiary/aromatic N) is 2. The van der Waals surface area contributed by atoms with Gasteiger partial charge in [-0.25, -0.2) is 0 Å². The van der Waals surface area contributed by atoms with Gasteiger partial charge in [0.25, 0.3) is 5.91 Å². The normalized spacial score (nSPS) is 12.2. The fourth-order valence-electron chi connectivity index (χ4n) is 1.93. The minimum atomic E-state index is -0.0798. The zero-order valence-corrected chi connectivity index (χ0v) is 12.5. The van der Waals surface area contributed by atoms with Crippen LogP contribution in [0.1, 0.15) is 35.9 Å². The molecule has 0 radical (unpaired) electrons. The van der Waals surface area contributed by atoms with Gasteiger partial charge in [-0.05, 0) is 44.2 Å². The lowest BCUT2D eigenvalue weighted by Gasteiger charge is -2.15. The molecule has 2 aromatic rings. The van der Waals surface area contributed by atoms with Crippen molar-refractivity contribution in [2.45, 2.75) is 26.4 Å². The van der Waals surface area contributed by atoms with Crippen molar-refractivity contribution in [1.82, 2.24) is 15.1 Å². The van der Waals surface area contributed by atoms with E-state index in [2.05, 4.69) is 26.3 Å². The van der Waals surface area contributed by atoms with Gasteiger partial charge in [-0.15, -0.1) is 0 Å². The Morgan fingerprint density at radius 2 is 2.05 bits per heavy atom. The summed E-state index contributed by atoms with van der Waals surface area (Å²) in [5.74, 6) is -0.0798. The second-order valence-corrected chi connectivity index (χ2v) is 5.19. The van der Waals surface area contributed by atoms with Crippen LogP contribution in [0.4, 0.5) is 0 Å². The molecule has 1 atom stereocenters. The third kappa shape index (κ3) is 3.23. The molecule has 0 aliphatic carbocycles. The van der Waals surface area contributed by atoms with E-state index in [0.717, 1.165) is 16.7 Å². The first-order chi connectivity index (χ1) is 9.11. The van der Waals surface area contributed by atoms with Gasteiger partial charge in [0, 0.05) is 22.8 Å². The smallest absolute Gasteiger partial charge is 0.251 e. The predicted octanol–water partition coefficient (Wildman–Crippen LogP) is 3.16. The number of hydrogen-bond donors (Lipinski definition) is 1. The molecule has 2 rings (SSSR count). The third-order valence-electron chi connectivity index (χ3n) is 2.95. The highest BCUT2D eigenvalue weighted by molar-refractivity contribution is 9.10. The molecule has 1 aromatic heterocycles. The van der Waals surface area contributed by atoms with E-state index in [-0.39, 0.29) is 11.9 Å². The average Bonchev–Trinajstić information content (AvgIpc) is 2.87. The number of nitrogens with one attached hydrogen (secondary N) is 1. The van der Waals surface area contributed by atoms with Gasteiger partial charge < -0.3 is 5.32 Å². The Kier molecular flexibility index (Phi) is 4.37. The van der Waals surface area contributed by atoms with Gasteiger partial charge in [0.15, 0.2) is 0 Å². The van der Waals surface area contributed by atoms with Crippen molar-refractivity contribution in [3.63, 3.8) is 0 Å². The third-order valence-corrected chi connectivity index (χ3v) is 3.48. The molecule has 0 bridgehead atoms. The maximum atomic E-state index is 12.1. The Bertz CT molecular complexity index is 562. The van der Waals surface area contributed by atoms with Crippen molar-refractivity contribution >= 4 is 21.8 Å². The maximum absolute atomic E-state index is 12.1. The van der Waals surface area contributed by atoms with Gasteiger partial charge in [-0.2, -0.15) is 5.10 Å². The van der Waals surface area contributed by atoms with Crippen molar-refractivity contribution in [2.75, 3.05) is 0 Å². The highest BCUT2D eigenvalue weighted by atomic mass is 79.9. The van der Waals surface area contributed by atoms with Crippen molar-refractivity contribution in [3.05, 3.63) is 52.3 Å². The summed E-state index contributed by atoms with van der Waals surface area (Å²) in [6.07, 6.45) is 1.75. The van der Waals surface area contributed by atoms with Crippen LogP contribution in [0.15, 0.2) is 41.0 Å². The van der Waals surface area contributed by atoms with Gasteiger partial charge in [0.05, 0.1) is 11.7 Å². The molecule has 100 valence electrons. The molecule has 1 unspecified atom stereocenters. The van der Waals surface area contributed by atoms with Crippen LogP contribution in [0.2, 0.25) is 0 Å². The zero-order valence-electron chi connectivity index (χ0n) is 10.9. The fraction of sp³-hybridized carbons (Fsp3) is 0.286. The molecule has 5 heteroatoms. The largest absolute Gasteiger partial charge is 0.344 e. The number of carbonyl (C=O) groups is 1. The molecule has 1 N–H and O–H groups in total. The lowest BCUT2D eigenvalue weighted by Crippen LogP contribution is -2.28. The lowest BCUT2D eigenvalue weighted by molar-refractivity contribution is 0.0938. The summed E-state index contributed by atoms with van der Waals surface area (Å²) < 4.78 is 2.84. The van der Waals surface area contributed by atoms with Crippen molar-refractivity contribution in [1.29, 1.82) is 0 Å². The van der Waals surface area contributed by atoms with Crippen LogP contribution in [0, 0.1) is 0 Å². The van der Waals surface area contributed by atoms with Crippen molar-refractivity contribution in [2.24, 2.45) is 0 Å². The summed E-state index contributed by atoms with van der Waals surface area (Å²) in [5, 5.41) is 7.18. The van der Waals surface area contributed by atoms with Crippen LogP contribution in [0.3, 0.4) is 0 Å². The minimum absolute atomic E-state index is 0.0707. The average molecular weight is 322 g/mol. The first-order valence-electron chi connectivity index (χ1n) is 6.20. The summed E-state index contributed by atoms with van der Waals surface area (Å²) in [4.78, 5) is 12.1. The Morgan fingerprint density at radius 3 is 2.68 bits per heavy atom. The van der Waals surface area contributed by atoms with Crippen LogP contribution in [0.5, 0.6) is 0 Å².